The number of aromatic nitrogens is 2. The van der Waals surface area contributed by atoms with Gasteiger partial charge in [0.05, 0.1) is 16.7 Å². The van der Waals surface area contributed by atoms with Crippen LogP contribution in [0.4, 0.5) is 5.69 Å². The van der Waals surface area contributed by atoms with Crippen molar-refractivity contribution in [3.05, 3.63) is 69.1 Å². The summed E-state index contributed by atoms with van der Waals surface area (Å²) in [5, 5.41) is 2.77. The molecule has 3 N–H and O–H groups in total. The summed E-state index contributed by atoms with van der Waals surface area (Å²) in [7, 11) is 0. The molecule has 0 unspecified atom stereocenters. The zero-order chi connectivity index (χ0) is 15.5. The highest BCUT2D eigenvalue weighted by Gasteiger charge is 2.07. The first kappa shape index (κ1) is 14.3. The van der Waals surface area contributed by atoms with Crippen LogP contribution in [0.3, 0.4) is 0 Å². The van der Waals surface area contributed by atoms with E-state index in [-0.39, 0.29) is 11.6 Å². The standard InChI is InChI=1S/C16H12BrN3O2/c17-11-8-13-14(20-16(22)19-13)9-12(11)18-15(21)7-6-10-4-2-1-3-5-10/h1-9H,(H,18,21)(H2,19,20,22)/b7-6+. The molecule has 0 radical (unpaired) electrons. The van der Waals surface area contributed by atoms with Crippen LogP contribution in [0.25, 0.3) is 17.1 Å². The lowest BCUT2D eigenvalue weighted by molar-refractivity contribution is -0.111. The predicted molar refractivity (Wildman–Crippen MR) is 90.7 cm³/mol. The minimum absolute atomic E-state index is 0.248. The van der Waals surface area contributed by atoms with E-state index in [0.717, 1.165) is 5.56 Å². The van der Waals surface area contributed by atoms with E-state index in [2.05, 4.69) is 31.2 Å². The van der Waals surface area contributed by atoms with Gasteiger partial charge in [0.2, 0.25) is 5.91 Å². The van der Waals surface area contributed by atoms with E-state index in [4.69, 9.17) is 0 Å². The summed E-state index contributed by atoms with van der Waals surface area (Å²) < 4.78 is 0.691. The largest absolute Gasteiger partial charge is 0.323 e. The molecule has 0 spiro atoms. The minimum Gasteiger partial charge on any atom is -0.321 e. The Morgan fingerprint density at radius 1 is 1.09 bits per heavy atom. The van der Waals surface area contributed by atoms with Gasteiger partial charge in [-0.3, -0.25) is 4.79 Å². The first-order valence-electron chi connectivity index (χ1n) is 6.57. The minimum atomic E-state index is -0.283. The van der Waals surface area contributed by atoms with Crippen molar-refractivity contribution in [2.24, 2.45) is 0 Å². The van der Waals surface area contributed by atoms with Crippen molar-refractivity contribution >= 4 is 44.6 Å². The van der Waals surface area contributed by atoms with Crippen LogP contribution >= 0.6 is 15.9 Å². The van der Waals surface area contributed by atoms with Crippen molar-refractivity contribution in [1.82, 2.24) is 9.97 Å². The van der Waals surface area contributed by atoms with Crippen molar-refractivity contribution in [2.75, 3.05) is 5.32 Å². The Morgan fingerprint density at radius 2 is 1.77 bits per heavy atom. The van der Waals surface area contributed by atoms with Crippen LogP contribution in [0, 0.1) is 0 Å². The van der Waals surface area contributed by atoms with Crippen molar-refractivity contribution < 1.29 is 4.79 Å². The van der Waals surface area contributed by atoms with Gasteiger partial charge in [-0.15, -0.1) is 0 Å². The van der Waals surface area contributed by atoms with Gasteiger partial charge >= 0.3 is 5.69 Å². The highest BCUT2D eigenvalue weighted by Crippen LogP contribution is 2.26. The molecule has 0 aliphatic carbocycles. The van der Waals surface area contributed by atoms with E-state index in [1.54, 1.807) is 18.2 Å². The highest BCUT2D eigenvalue weighted by atomic mass is 79.9. The van der Waals surface area contributed by atoms with E-state index < -0.39 is 0 Å². The molecule has 110 valence electrons. The van der Waals surface area contributed by atoms with Gasteiger partial charge in [0.15, 0.2) is 0 Å². The first-order valence-corrected chi connectivity index (χ1v) is 7.37. The summed E-state index contributed by atoms with van der Waals surface area (Å²) in [6.45, 7) is 0. The van der Waals surface area contributed by atoms with E-state index in [9.17, 15) is 9.59 Å². The smallest absolute Gasteiger partial charge is 0.321 e. The van der Waals surface area contributed by atoms with Crippen LogP contribution in [0.2, 0.25) is 0 Å². The third-order valence-electron chi connectivity index (χ3n) is 3.09. The molecular weight excluding hydrogens is 346 g/mol. The second-order valence-corrected chi connectivity index (χ2v) is 5.54. The van der Waals surface area contributed by atoms with E-state index in [1.165, 1.54) is 6.08 Å². The number of nitrogens with one attached hydrogen (secondary N) is 3. The first-order chi connectivity index (χ1) is 10.6. The third kappa shape index (κ3) is 3.17. The van der Waals surface area contributed by atoms with Gasteiger partial charge in [-0.25, -0.2) is 4.79 Å². The molecule has 1 amide bonds. The van der Waals surface area contributed by atoms with E-state index in [1.807, 2.05) is 30.3 Å². The summed E-state index contributed by atoms with van der Waals surface area (Å²) in [6, 6.07) is 13.0. The molecule has 0 saturated heterocycles. The van der Waals surface area contributed by atoms with E-state index in [0.29, 0.717) is 21.2 Å². The third-order valence-corrected chi connectivity index (χ3v) is 3.74. The van der Waals surface area contributed by atoms with Crippen molar-refractivity contribution in [3.63, 3.8) is 0 Å². The number of carbonyl (C=O) groups excluding carboxylic acids is 1. The van der Waals surface area contributed by atoms with Gasteiger partial charge in [-0.05, 0) is 39.7 Å². The topological polar surface area (TPSA) is 77.8 Å². The van der Waals surface area contributed by atoms with Crippen LogP contribution in [0.15, 0.2) is 57.8 Å². The maximum Gasteiger partial charge on any atom is 0.323 e. The lowest BCUT2D eigenvalue weighted by Gasteiger charge is -2.05. The molecule has 0 bridgehead atoms. The summed E-state index contributed by atoms with van der Waals surface area (Å²) >= 11 is 3.38. The molecule has 22 heavy (non-hydrogen) atoms. The fourth-order valence-electron chi connectivity index (χ4n) is 2.06. The van der Waals surface area contributed by atoms with Crippen LogP contribution in [-0.2, 0) is 4.79 Å². The Bertz CT molecular complexity index is 910. The Kier molecular flexibility index (Phi) is 3.93. The highest BCUT2D eigenvalue weighted by molar-refractivity contribution is 9.10. The number of rotatable bonds is 3. The zero-order valence-corrected chi connectivity index (χ0v) is 13.0. The molecule has 5 nitrogen and oxygen atoms in total. The average Bonchev–Trinajstić information content (AvgIpc) is 2.85. The number of anilines is 1. The molecule has 0 fully saturated rings. The molecule has 1 aromatic heterocycles. The fraction of sp³-hybridized carbons (Fsp3) is 0. The number of benzene rings is 2. The van der Waals surface area contributed by atoms with Crippen LogP contribution in [0.1, 0.15) is 5.56 Å². The number of imidazole rings is 1. The molecule has 3 rings (SSSR count). The second-order valence-electron chi connectivity index (χ2n) is 4.69. The lowest BCUT2D eigenvalue weighted by atomic mass is 10.2. The fourth-order valence-corrected chi connectivity index (χ4v) is 2.50. The van der Waals surface area contributed by atoms with Crippen LogP contribution in [-0.4, -0.2) is 15.9 Å². The van der Waals surface area contributed by atoms with Crippen molar-refractivity contribution in [1.29, 1.82) is 0 Å². The molecule has 1 heterocycles. The zero-order valence-electron chi connectivity index (χ0n) is 11.4. The van der Waals surface area contributed by atoms with Gasteiger partial charge in [-0.1, -0.05) is 30.3 Å². The molecule has 0 saturated carbocycles. The number of H-pyrrole nitrogens is 2. The Labute approximate surface area is 134 Å². The monoisotopic (exact) mass is 357 g/mol. The summed E-state index contributed by atoms with van der Waals surface area (Å²) in [4.78, 5) is 28.6. The maximum atomic E-state index is 12.0. The van der Waals surface area contributed by atoms with Gasteiger partial charge in [0.25, 0.3) is 0 Å². The van der Waals surface area contributed by atoms with Crippen LogP contribution < -0.4 is 11.0 Å². The Morgan fingerprint density at radius 3 is 2.50 bits per heavy atom. The summed E-state index contributed by atoms with van der Waals surface area (Å²) in [5.74, 6) is -0.248. The Hall–Kier alpha value is -2.60. The Balaban J connectivity index is 1.80. The normalized spacial score (nSPS) is 11.1. The number of amides is 1. The lowest BCUT2D eigenvalue weighted by Crippen LogP contribution is -2.08. The molecule has 0 aliphatic heterocycles. The van der Waals surface area contributed by atoms with Gasteiger partial charge in [-0.2, -0.15) is 0 Å². The van der Waals surface area contributed by atoms with Gasteiger partial charge in [0.1, 0.15) is 0 Å². The molecule has 6 heteroatoms. The maximum absolute atomic E-state index is 12.0. The number of halogens is 1. The van der Waals surface area contributed by atoms with Gasteiger partial charge < -0.3 is 15.3 Å². The van der Waals surface area contributed by atoms with Gasteiger partial charge in [0, 0.05) is 10.5 Å². The number of hydrogen-bond donors (Lipinski definition) is 3. The molecular formula is C16H12BrN3O2. The number of fused-ring (bicyclic) bond motifs is 1. The molecule has 0 atom stereocenters. The van der Waals surface area contributed by atoms with Crippen molar-refractivity contribution in [2.45, 2.75) is 0 Å². The van der Waals surface area contributed by atoms with E-state index >= 15 is 0 Å². The number of carbonyl (C=O) groups is 1. The summed E-state index contributed by atoms with van der Waals surface area (Å²) in [5.41, 5.74) is 2.56. The SMILES string of the molecule is O=C(/C=C/c1ccccc1)Nc1cc2[nH]c(=O)[nH]c2cc1Br. The second kappa shape index (κ2) is 6.03. The summed E-state index contributed by atoms with van der Waals surface area (Å²) in [6.07, 6.45) is 3.20. The number of hydrogen-bond acceptors (Lipinski definition) is 2. The molecule has 0 aliphatic rings. The van der Waals surface area contributed by atoms with Crippen molar-refractivity contribution in [3.8, 4) is 0 Å². The van der Waals surface area contributed by atoms with Crippen LogP contribution in [0.5, 0.6) is 0 Å². The molecule has 2 aromatic carbocycles. The quantitative estimate of drug-likeness (QED) is 0.629. The average molecular weight is 358 g/mol. The predicted octanol–water partition coefficient (Wildman–Crippen LogP) is 3.27. The molecule has 3 aromatic rings. The number of aromatic amines is 2.